The molecule has 156 valence electrons. The molecule has 0 aliphatic carbocycles. The van der Waals surface area contributed by atoms with E-state index in [4.69, 9.17) is 4.52 Å². The second-order valence-electron chi connectivity index (χ2n) is 7.32. The van der Waals surface area contributed by atoms with Gasteiger partial charge in [0.15, 0.2) is 17.2 Å². The van der Waals surface area contributed by atoms with Gasteiger partial charge in [0.1, 0.15) is 5.65 Å². The summed E-state index contributed by atoms with van der Waals surface area (Å²) in [6.07, 6.45) is 6.98. The number of rotatable bonds is 4. The molecule has 31 heavy (non-hydrogen) atoms. The van der Waals surface area contributed by atoms with Crippen molar-refractivity contribution >= 4 is 11.0 Å². The van der Waals surface area contributed by atoms with Crippen LogP contribution in [-0.2, 0) is 12.6 Å². The molecule has 4 aromatic heterocycles. The monoisotopic (exact) mass is 422 g/mol. The highest BCUT2D eigenvalue weighted by molar-refractivity contribution is 5.94. The van der Waals surface area contributed by atoms with Crippen LogP contribution in [0.5, 0.6) is 0 Å². The van der Waals surface area contributed by atoms with Crippen LogP contribution in [0, 0.1) is 11.6 Å². The van der Waals surface area contributed by atoms with E-state index in [2.05, 4.69) is 25.2 Å². The first kappa shape index (κ1) is 19.1. The van der Waals surface area contributed by atoms with Crippen LogP contribution in [0.2, 0.25) is 0 Å². The molecule has 1 atom stereocenters. The number of halogens is 2. The first-order valence-corrected chi connectivity index (χ1v) is 9.32. The average Bonchev–Trinajstić information content (AvgIpc) is 3.48. The third-order valence-electron chi connectivity index (χ3n) is 5.13. The van der Waals surface area contributed by atoms with Crippen molar-refractivity contribution < 1.29 is 18.4 Å². The van der Waals surface area contributed by atoms with Gasteiger partial charge in [0.05, 0.1) is 6.20 Å². The number of aromatic nitrogens is 6. The lowest BCUT2D eigenvalue weighted by Gasteiger charge is -2.19. The summed E-state index contributed by atoms with van der Waals surface area (Å²) in [6, 6.07) is 5.43. The Morgan fingerprint density at radius 3 is 2.81 bits per heavy atom. The molecule has 0 aliphatic heterocycles. The lowest BCUT2D eigenvalue weighted by atomic mass is 9.95. The molecule has 0 radical (unpaired) electrons. The Labute approximate surface area is 174 Å². The summed E-state index contributed by atoms with van der Waals surface area (Å²) in [5, 5.41) is 19.7. The van der Waals surface area contributed by atoms with Crippen molar-refractivity contribution in [3.05, 3.63) is 72.1 Å². The Bertz CT molecular complexity index is 1420. The van der Waals surface area contributed by atoms with E-state index in [-0.39, 0.29) is 17.3 Å². The van der Waals surface area contributed by atoms with Gasteiger partial charge in [-0.05, 0) is 19.1 Å². The molecule has 10 heteroatoms. The molecule has 0 amide bonds. The van der Waals surface area contributed by atoms with Gasteiger partial charge in [-0.25, -0.2) is 13.8 Å². The minimum atomic E-state index is -2.03. The number of pyridine rings is 1. The van der Waals surface area contributed by atoms with E-state index in [0.29, 0.717) is 11.2 Å². The molecule has 0 spiro atoms. The summed E-state index contributed by atoms with van der Waals surface area (Å²) >= 11 is 0. The third-order valence-corrected chi connectivity index (χ3v) is 5.13. The second kappa shape index (κ2) is 6.81. The summed E-state index contributed by atoms with van der Waals surface area (Å²) in [7, 11) is 1.82. The van der Waals surface area contributed by atoms with Crippen LogP contribution in [0.3, 0.4) is 0 Å². The van der Waals surface area contributed by atoms with Crippen molar-refractivity contribution in [3.63, 3.8) is 0 Å². The van der Waals surface area contributed by atoms with Gasteiger partial charge in [0, 0.05) is 53.3 Å². The topological polar surface area (TPSA) is 106 Å². The molecule has 4 heterocycles. The highest BCUT2D eigenvalue weighted by Gasteiger charge is 2.36. The number of nitrogens with one attached hydrogen (secondary N) is 1. The molecule has 5 rings (SSSR count). The van der Waals surface area contributed by atoms with Gasteiger partial charge >= 0.3 is 0 Å². The van der Waals surface area contributed by atoms with E-state index >= 15 is 0 Å². The van der Waals surface area contributed by atoms with E-state index in [1.807, 2.05) is 19.3 Å². The number of benzene rings is 1. The zero-order valence-corrected chi connectivity index (χ0v) is 16.5. The maximum absolute atomic E-state index is 14.2. The van der Waals surface area contributed by atoms with Gasteiger partial charge in [-0.3, -0.25) is 4.68 Å². The van der Waals surface area contributed by atoms with Crippen molar-refractivity contribution in [2.45, 2.75) is 12.5 Å². The molecule has 0 saturated carbocycles. The molecule has 8 nitrogen and oxygen atoms in total. The molecule has 1 aromatic carbocycles. The third kappa shape index (κ3) is 3.08. The summed E-state index contributed by atoms with van der Waals surface area (Å²) in [5.41, 5.74) is 0.599. The van der Waals surface area contributed by atoms with Crippen LogP contribution in [0.15, 0.2) is 53.6 Å². The van der Waals surface area contributed by atoms with Crippen molar-refractivity contribution in [1.29, 1.82) is 0 Å². The number of hydrogen-bond donors (Lipinski definition) is 2. The Balaban J connectivity index is 1.57. The number of fused-ring (bicyclic) bond motifs is 1. The van der Waals surface area contributed by atoms with Crippen LogP contribution in [-0.4, -0.2) is 35.0 Å². The van der Waals surface area contributed by atoms with E-state index < -0.39 is 17.2 Å². The minimum absolute atomic E-state index is 0.170. The van der Waals surface area contributed by atoms with Gasteiger partial charge in [-0.1, -0.05) is 17.3 Å². The van der Waals surface area contributed by atoms with Gasteiger partial charge in [0.2, 0.25) is 5.82 Å². The van der Waals surface area contributed by atoms with Crippen molar-refractivity contribution in [2.24, 2.45) is 7.05 Å². The van der Waals surface area contributed by atoms with E-state index in [1.165, 1.54) is 19.1 Å². The standard InChI is InChI=1S/C21H16F2N6O2/c1-21(30,15-4-3-5-16(22)17(15)23)20-27-19(28-31-20)14-9-25-18-13(14)6-11(7-24-18)12-8-26-29(2)10-12/h3-10,30H,1-2H3,(H,24,25). The van der Waals surface area contributed by atoms with E-state index in [9.17, 15) is 13.9 Å². The van der Waals surface area contributed by atoms with Crippen LogP contribution in [0.1, 0.15) is 18.4 Å². The largest absolute Gasteiger partial charge is 0.375 e. The van der Waals surface area contributed by atoms with Crippen LogP contribution >= 0.6 is 0 Å². The smallest absolute Gasteiger partial charge is 0.263 e. The predicted octanol–water partition coefficient (Wildman–Crippen LogP) is 3.55. The highest BCUT2D eigenvalue weighted by atomic mass is 19.2. The lowest BCUT2D eigenvalue weighted by molar-refractivity contribution is 0.0595. The summed E-state index contributed by atoms with van der Waals surface area (Å²) in [4.78, 5) is 11.7. The normalized spacial score (nSPS) is 13.6. The average molecular weight is 422 g/mol. The number of nitrogens with zero attached hydrogens (tertiary/aromatic N) is 5. The van der Waals surface area contributed by atoms with Crippen LogP contribution in [0.25, 0.3) is 33.5 Å². The molecule has 0 aliphatic rings. The maximum Gasteiger partial charge on any atom is 0.263 e. The van der Waals surface area contributed by atoms with Gasteiger partial charge in [-0.15, -0.1) is 0 Å². The lowest BCUT2D eigenvalue weighted by Crippen LogP contribution is -2.25. The molecule has 0 bridgehead atoms. The number of hydrogen-bond acceptors (Lipinski definition) is 6. The van der Waals surface area contributed by atoms with E-state index in [1.54, 1.807) is 23.3 Å². The Hall–Kier alpha value is -3.92. The first-order valence-electron chi connectivity index (χ1n) is 9.32. The summed E-state index contributed by atoms with van der Waals surface area (Å²) < 4.78 is 34.8. The van der Waals surface area contributed by atoms with E-state index in [0.717, 1.165) is 22.6 Å². The second-order valence-corrected chi connectivity index (χ2v) is 7.32. The van der Waals surface area contributed by atoms with Crippen molar-refractivity contribution in [3.8, 4) is 22.5 Å². The Morgan fingerprint density at radius 2 is 2.03 bits per heavy atom. The fraction of sp³-hybridized carbons (Fsp3) is 0.143. The molecular formula is C21H16F2N6O2. The van der Waals surface area contributed by atoms with Gasteiger partial charge in [0.25, 0.3) is 5.89 Å². The summed E-state index contributed by atoms with van der Waals surface area (Å²) in [6.45, 7) is 1.26. The number of aryl methyl sites for hydroxylation is 1. The molecule has 2 N–H and O–H groups in total. The van der Waals surface area contributed by atoms with Crippen LogP contribution in [0.4, 0.5) is 8.78 Å². The fourth-order valence-corrected chi connectivity index (χ4v) is 3.44. The number of aliphatic hydroxyl groups is 1. The molecule has 0 fully saturated rings. The zero-order chi connectivity index (χ0) is 21.8. The zero-order valence-electron chi connectivity index (χ0n) is 16.5. The fourth-order valence-electron chi connectivity index (χ4n) is 3.44. The Morgan fingerprint density at radius 1 is 1.19 bits per heavy atom. The van der Waals surface area contributed by atoms with Gasteiger partial charge < -0.3 is 14.6 Å². The molecular weight excluding hydrogens is 406 g/mol. The first-order chi connectivity index (χ1) is 14.8. The van der Waals surface area contributed by atoms with Crippen LogP contribution < -0.4 is 0 Å². The van der Waals surface area contributed by atoms with Crippen molar-refractivity contribution in [2.75, 3.05) is 0 Å². The summed E-state index contributed by atoms with van der Waals surface area (Å²) in [5.74, 6) is -2.35. The number of H-pyrrole nitrogens is 1. The number of aromatic amines is 1. The SMILES string of the molecule is Cn1cc(-c2cnc3[nH]cc(-c4noc(C(C)(O)c5cccc(F)c5F)n4)c3c2)cn1. The maximum atomic E-state index is 14.2. The highest BCUT2D eigenvalue weighted by Crippen LogP contribution is 2.34. The quantitative estimate of drug-likeness (QED) is 0.459. The van der Waals surface area contributed by atoms with Crippen molar-refractivity contribution in [1.82, 2.24) is 29.9 Å². The minimum Gasteiger partial charge on any atom is -0.375 e. The predicted molar refractivity (Wildman–Crippen MR) is 107 cm³/mol. The molecule has 1 unspecified atom stereocenters. The Kier molecular flexibility index (Phi) is 4.19. The van der Waals surface area contributed by atoms with Gasteiger partial charge in [-0.2, -0.15) is 10.1 Å². The molecule has 5 aromatic rings. The molecule has 0 saturated heterocycles.